The van der Waals surface area contributed by atoms with Gasteiger partial charge < -0.3 is 5.32 Å². The number of aromatic nitrogens is 2. The molecule has 0 saturated carbocycles. The summed E-state index contributed by atoms with van der Waals surface area (Å²) < 4.78 is 0. The largest absolute Gasteiger partial charge is 0.311 e. The first-order valence-electron chi connectivity index (χ1n) is 5.09. The lowest BCUT2D eigenvalue weighted by atomic mass is 10.1. The highest BCUT2D eigenvalue weighted by Crippen LogP contribution is 2.05. The third-order valence-corrected chi connectivity index (χ3v) is 2.26. The maximum absolute atomic E-state index is 11.6. The predicted octanol–water partition coefficient (Wildman–Crippen LogP) is 1.90. The van der Waals surface area contributed by atoms with E-state index in [4.69, 9.17) is 0 Å². The van der Waals surface area contributed by atoms with Gasteiger partial charge in [0.15, 0.2) is 0 Å². The monoisotopic (exact) mass is 215 g/mol. The van der Waals surface area contributed by atoms with Gasteiger partial charge in [0.2, 0.25) is 5.91 Å². The fourth-order valence-corrected chi connectivity index (χ4v) is 1.41. The Morgan fingerprint density at radius 2 is 2.06 bits per heavy atom. The van der Waals surface area contributed by atoms with E-state index < -0.39 is 0 Å². The molecule has 2 rings (SSSR count). The molecule has 0 radical (unpaired) electrons. The van der Waals surface area contributed by atoms with Crippen molar-refractivity contribution in [2.24, 2.45) is 0 Å². The van der Waals surface area contributed by atoms with E-state index in [0.29, 0.717) is 12.2 Å². The Morgan fingerprint density at radius 3 is 2.69 bits per heavy atom. The molecule has 0 unspecified atom stereocenters. The van der Waals surface area contributed by atoms with Crippen molar-refractivity contribution in [3.05, 3.63) is 47.7 Å². The van der Waals surface area contributed by atoms with E-state index in [-0.39, 0.29) is 5.91 Å². The van der Waals surface area contributed by atoms with Crippen LogP contribution in [-0.2, 0) is 11.2 Å². The molecular weight excluding hydrogens is 202 g/mol. The summed E-state index contributed by atoms with van der Waals surface area (Å²) >= 11 is 0. The summed E-state index contributed by atoms with van der Waals surface area (Å²) in [7, 11) is 0. The molecule has 4 nitrogen and oxygen atoms in total. The molecule has 0 aliphatic rings. The van der Waals surface area contributed by atoms with Crippen molar-refractivity contribution in [2.45, 2.75) is 13.3 Å². The second-order valence-electron chi connectivity index (χ2n) is 3.68. The average Bonchev–Trinajstić information content (AvgIpc) is 2.74. The highest BCUT2D eigenvalue weighted by Gasteiger charge is 2.04. The molecule has 1 aromatic heterocycles. The van der Waals surface area contributed by atoms with Crippen LogP contribution in [0.25, 0.3) is 0 Å². The van der Waals surface area contributed by atoms with Crippen LogP contribution in [0.15, 0.2) is 36.5 Å². The smallest absolute Gasteiger partial charge is 0.229 e. The molecular formula is C12H13N3O. The number of carbonyl (C=O) groups excluding carboxylic acids is 1. The number of nitrogens with zero attached hydrogens (tertiary/aromatic N) is 1. The topological polar surface area (TPSA) is 57.8 Å². The Hall–Kier alpha value is -2.10. The van der Waals surface area contributed by atoms with Gasteiger partial charge in [-0.3, -0.25) is 9.89 Å². The Balaban J connectivity index is 1.95. The summed E-state index contributed by atoms with van der Waals surface area (Å²) in [6.45, 7) is 2.02. The molecule has 0 fully saturated rings. The zero-order valence-electron chi connectivity index (χ0n) is 9.03. The van der Waals surface area contributed by atoms with Crippen LogP contribution < -0.4 is 5.32 Å². The molecule has 0 bridgehead atoms. The summed E-state index contributed by atoms with van der Waals surface area (Å²) in [6.07, 6.45) is 1.97. The number of carbonyl (C=O) groups is 1. The molecule has 2 N–H and O–H groups in total. The number of rotatable bonds is 3. The Bertz CT molecular complexity index is 460. The zero-order chi connectivity index (χ0) is 11.4. The first-order chi connectivity index (χ1) is 7.74. The molecule has 0 aliphatic heterocycles. The van der Waals surface area contributed by atoms with Gasteiger partial charge in [-0.05, 0) is 12.5 Å². The number of anilines is 1. The summed E-state index contributed by atoms with van der Waals surface area (Å²) in [5.41, 5.74) is 2.19. The van der Waals surface area contributed by atoms with Crippen LogP contribution in [0.1, 0.15) is 11.1 Å². The molecule has 0 aliphatic carbocycles. The van der Waals surface area contributed by atoms with E-state index in [1.165, 1.54) is 5.56 Å². The molecule has 1 heterocycles. The molecule has 2 aromatic rings. The van der Waals surface area contributed by atoms with E-state index in [2.05, 4.69) is 15.5 Å². The number of nitrogens with one attached hydrogen (secondary N) is 2. The Labute approximate surface area is 93.7 Å². The predicted molar refractivity (Wildman–Crippen MR) is 62.1 cm³/mol. The highest BCUT2D eigenvalue weighted by atomic mass is 16.1. The lowest BCUT2D eigenvalue weighted by Crippen LogP contribution is -2.14. The summed E-state index contributed by atoms with van der Waals surface area (Å²) in [5.74, 6) is 0.574. The maximum atomic E-state index is 11.6. The van der Waals surface area contributed by atoms with Crippen molar-refractivity contribution in [3.8, 4) is 0 Å². The van der Waals surface area contributed by atoms with Crippen LogP contribution in [0, 0.1) is 6.92 Å². The van der Waals surface area contributed by atoms with Crippen LogP contribution in [0.2, 0.25) is 0 Å². The van der Waals surface area contributed by atoms with Crippen LogP contribution in [0.5, 0.6) is 0 Å². The number of hydrogen-bond donors (Lipinski definition) is 2. The van der Waals surface area contributed by atoms with E-state index in [0.717, 1.165) is 5.56 Å². The lowest BCUT2D eigenvalue weighted by molar-refractivity contribution is -0.115. The minimum absolute atomic E-state index is 0.0481. The van der Waals surface area contributed by atoms with Gasteiger partial charge in [0.25, 0.3) is 0 Å². The third kappa shape index (κ3) is 2.70. The second-order valence-corrected chi connectivity index (χ2v) is 3.68. The number of aryl methyl sites for hydroxylation is 1. The van der Waals surface area contributed by atoms with E-state index >= 15 is 0 Å². The Morgan fingerprint density at radius 1 is 1.31 bits per heavy atom. The van der Waals surface area contributed by atoms with Crippen molar-refractivity contribution < 1.29 is 4.79 Å². The number of H-pyrrole nitrogens is 1. The van der Waals surface area contributed by atoms with Gasteiger partial charge in [-0.1, -0.05) is 29.8 Å². The maximum Gasteiger partial charge on any atom is 0.229 e. The normalized spacial score (nSPS) is 10.1. The standard InChI is InChI=1S/C12H13N3O/c1-9-2-4-10(5-3-9)8-12(16)14-11-6-7-13-15-11/h2-7H,8H2,1H3,(H2,13,14,15,16). The van der Waals surface area contributed by atoms with Crippen LogP contribution in [-0.4, -0.2) is 16.1 Å². The molecule has 0 atom stereocenters. The van der Waals surface area contributed by atoms with E-state index in [9.17, 15) is 4.79 Å². The van der Waals surface area contributed by atoms with Gasteiger partial charge in [-0.15, -0.1) is 0 Å². The third-order valence-electron chi connectivity index (χ3n) is 2.26. The summed E-state index contributed by atoms with van der Waals surface area (Å²) in [6, 6.07) is 9.63. The fourth-order valence-electron chi connectivity index (χ4n) is 1.41. The average molecular weight is 215 g/mol. The van der Waals surface area contributed by atoms with Crippen molar-refractivity contribution >= 4 is 11.7 Å². The molecule has 4 heteroatoms. The van der Waals surface area contributed by atoms with Crippen molar-refractivity contribution in [3.63, 3.8) is 0 Å². The molecule has 82 valence electrons. The lowest BCUT2D eigenvalue weighted by Gasteiger charge is -2.02. The van der Waals surface area contributed by atoms with Gasteiger partial charge in [0, 0.05) is 6.07 Å². The highest BCUT2D eigenvalue weighted by molar-refractivity contribution is 5.91. The molecule has 0 saturated heterocycles. The van der Waals surface area contributed by atoms with Crippen LogP contribution >= 0.6 is 0 Å². The summed E-state index contributed by atoms with van der Waals surface area (Å²) in [5, 5.41) is 9.16. The van der Waals surface area contributed by atoms with E-state index in [1.807, 2.05) is 31.2 Å². The molecule has 1 aromatic carbocycles. The van der Waals surface area contributed by atoms with Crippen molar-refractivity contribution in [2.75, 3.05) is 5.32 Å². The molecule has 0 spiro atoms. The van der Waals surface area contributed by atoms with Gasteiger partial charge in [0.05, 0.1) is 12.6 Å². The number of hydrogen-bond acceptors (Lipinski definition) is 2. The molecule has 16 heavy (non-hydrogen) atoms. The first-order valence-corrected chi connectivity index (χ1v) is 5.09. The second kappa shape index (κ2) is 4.61. The van der Waals surface area contributed by atoms with Gasteiger partial charge >= 0.3 is 0 Å². The van der Waals surface area contributed by atoms with Gasteiger partial charge in [-0.25, -0.2) is 0 Å². The van der Waals surface area contributed by atoms with Crippen LogP contribution in [0.4, 0.5) is 5.82 Å². The first kappa shape index (κ1) is 10.4. The number of amides is 1. The quantitative estimate of drug-likeness (QED) is 0.821. The Kier molecular flexibility index (Phi) is 3.00. The molecule has 1 amide bonds. The number of benzene rings is 1. The SMILES string of the molecule is Cc1ccc(CC(=O)Nc2ccn[nH]2)cc1. The zero-order valence-corrected chi connectivity index (χ0v) is 9.03. The van der Waals surface area contributed by atoms with E-state index in [1.54, 1.807) is 12.3 Å². The van der Waals surface area contributed by atoms with Crippen molar-refractivity contribution in [1.29, 1.82) is 0 Å². The minimum atomic E-state index is -0.0481. The van der Waals surface area contributed by atoms with Gasteiger partial charge in [-0.2, -0.15) is 5.10 Å². The van der Waals surface area contributed by atoms with Crippen LogP contribution in [0.3, 0.4) is 0 Å². The van der Waals surface area contributed by atoms with Crippen molar-refractivity contribution in [1.82, 2.24) is 10.2 Å². The fraction of sp³-hybridized carbons (Fsp3) is 0.167. The van der Waals surface area contributed by atoms with Gasteiger partial charge in [0.1, 0.15) is 5.82 Å². The number of aromatic amines is 1. The minimum Gasteiger partial charge on any atom is -0.311 e. The summed E-state index contributed by atoms with van der Waals surface area (Å²) in [4.78, 5) is 11.6.